The van der Waals surface area contributed by atoms with Crippen molar-refractivity contribution in [2.24, 2.45) is 0 Å². The molecule has 0 spiro atoms. The average molecular weight is 270 g/mol. The van der Waals surface area contributed by atoms with E-state index in [4.69, 9.17) is 0 Å². The van der Waals surface area contributed by atoms with Gasteiger partial charge in [-0.3, -0.25) is 14.9 Å². The van der Waals surface area contributed by atoms with Gasteiger partial charge in [0.2, 0.25) is 0 Å². The molecule has 0 aliphatic carbocycles. The van der Waals surface area contributed by atoms with Gasteiger partial charge >= 0.3 is 6.18 Å². The van der Waals surface area contributed by atoms with Gasteiger partial charge in [0.05, 0.1) is 4.92 Å². The zero-order valence-electron chi connectivity index (χ0n) is 8.24. The molecule has 0 radical (unpaired) electrons. The lowest BCUT2D eigenvalue weighted by Gasteiger charge is -2.13. The van der Waals surface area contributed by atoms with Crippen LogP contribution in [0.15, 0.2) is 6.20 Å². The summed E-state index contributed by atoms with van der Waals surface area (Å²) < 4.78 is 62.7. The number of nitrogens with zero attached hydrogens (tertiary/aromatic N) is 2. The van der Waals surface area contributed by atoms with Gasteiger partial charge < -0.3 is 0 Å². The Bertz CT molecular complexity index is 500. The van der Waals surface area contributed by atoms with E-state index < -0.39 is 46.3 Å². The van der Waals surface area contributed by atoms with Crippen LogP contribution in [0.3, 0.4) is 0 Å². The van der Waals surface area contributed by atoms with Gasteiger partial charge in [0.1, 0.15) is 23.0 Å². The van der Waals surface area contributed by atoms with E-state index in [9.17, 15) is 36.9 Å². The lowest BCUT2D eigenvalue weighted by molar-refractivity contribution is -0.386. The Morgan fingerprint density at radius 3 is 2.28 bits per heavy atom. The second kappa shape index (κ2) is 4.63. The van der Waals surface area contributed by atoms with Crippen molar-refractivity contribution in [2.45, 2.75) is 12.6 Å². The van der Waals surface area contributed by atoms with E-state index in [-0.39, 0.29) is 6.20 Å². The quantitative estimate of drug-likeness (QED) is 0.366. The molecule has 18 heavy (non-hydrogen) atoms. The molecule has 1 aromatic heterocycles. The molecule has 0 saturated carbocycles. The molecule has 5 nitrogen and oxygen atoms in total. The summed E-state index contributed by atoms with van der Waals surface area (Å²) in [4.78, 5) is 22.2. The fourth-order valence-corrected chi connectivity index (χ4v) is 1.28. The summed E-state index contributed by atoms with van der Waals surface area (Å²) in [6.07, 6.45) is -9.30. The van der Waals surface area contributed by atoms with Gasteiger partial charge in [-0.2, -0.15) is 13.2 Å². The number of carbonyl (C=O) groups is 1. The number of carbonyl (C=O) groups excluding carboxylic acids is 1. The summed E-state index contributed by atoms with van der Waals surface area (Å²) in [5.41, 5.74) is -6.74. The summed E-state index contributed by atoms with van der Waals surface area (Å²) in [6, 6.07) is 0. The Balaban J connectivity index is 3.76. The first-order valence-electron chi connectivity index (χ1n) is 4.18. The number of nitro groups is 1. The van der Waals surface area contributed by atoms with Crippen LogP contribution < -0.4 is 0 Å². The largest absolute Gasteiger partial charge is 0.419 e. The fraction of sp³-hybridized carbons (Fsp3) is 0.250. The van der Waals surface area contributed by atoms with Crippen molar-refractivity contribution in [1.82, 2.24) is 4.98 Å². The molecule has 0 saturated heterocycles. The van der Waals surface area contributed by atoms with Crippen molar-refractivity contribution in [3.05, 3.63) is 33.1 Å². The Kier molecular flexibility index (Phi) is 3.58. The van der Waals surface area contributed by atoms with Crippen molar-refractivity contribution >= 4 is 12.0 Å². The summed E-state index contributed by atoms with van der Waals surface area (Å²) in [5.74, 6) is 0. The van der Waals surface area contributed by atoms with Crippen molar-refractivity contribution < 1.29 is 31.7 Å². The Labute approximate surface area is 95.4 Å². The summed E-state index contributed by atoms with van der Waals surface area (Å²) in [6.45, 7) is 0. The topological polar surface area (TPSA) is 73.1 Å². The Hall–Kier alpha value is -2.13. The third-order valence-corrected chi connectivity index (χ3v) is 1.94. The smallest absolute Gasteiger partial charge is 0.296 e. The van der Waals surface area contributed by atoms with E-state index in [1.807, 2.05) is 0 Å². The lowest BCUT2D eigenvalue weighted by Crippen LogP contribution is -2.16. The molecule has 0 N–H and O–H groups in total. The van der Waals surface area contributed by atoms with Crippen molar-refractivity contribution in [1.29, 1.82) is 0 Å². The highest BCUT2D eigenvalue weighted by Gasteiger charge is 2.43. The first kappa shape index (κ1) is 13.9. The second-order valence-electron chi connectivity index (χ2n) is 2.99. The molecular weight excluding hydrogens is 267 g/mol. The number of hydrogen-bond donors (Lipinski definition) is 0. The highest BCUT2D eigenvalue weighted by Crippen LogP contribution is 2.41. The van der Waals surface area contributed by atoms with Crippen LogP contribution in [-0.4, -0.2) is 16.2 Å². The fourth-order valence-electron chi connectivity index (χ4n) is 1.28. The van der Waals surface area contributed by atoms with Crippen LogP contribution in [0.5, 0.6) is 0 Å². The molecule has 98 valence electrons. The van der Waals surface area contributed by atoms with Crippen LogP contribution in [0.25, 0.3) is 0 Å². The maximum absolute atomic E-state index is 12.5. The Morgan fingerprint density at radius 1 is 1.39 bits per heavy atom. The van der Waals surface area contributed by atoms with Gasteiger partial charge in [0.15, 0.2) is 6.29 Å². The molecule has 0 atom stereocenters. The van der Waals surface area contributed by atoms with Crippen LogP contribution in [0.2, 0.25) is 0 Å². The predicted molar refractivity (Wildman–Crippen MR) is 46.2 cm³/mol. The predicted octanol–water partition coefficient (Wildman–Crippen LogP) is 2.76. The third kappa shape index (κ3) is 2.41. The zero-order valence-corrected chi connectivity index (χ0v) is 8.24. The van der Waals surface area contributed by atoms with E-state index in [1.54, 1.807) is 0 Å². The monoisotopic (exact) mass is 270 g/mol. The summed E-state index contributed by atoms with van der Waals surface area (Å²) >= 11 is 0. The highest BCUT2D eigenvalue weighted by atomic mass is 19.4. The minimum atomic E-state index is -5.35. The van der Waals surface area contributed by atoms with Gasteiger partial charge in [-0.1, -0.05) is 0 Å². The van der Waals surface area contributed by atoms with Gasteiger partial charge in [0.25, 0.3) is 12.1 Å². The molecule has 0 unspecified atom stereocenters. The van der Waals surface area contributed by atoms with Crippen LogP contribution in [-0.2, 0) is 6.18 Å². The number of rotatable bonds is 3. The van der Waals surface area contributed by atoms with E-state index >= 15 is 0 Å². The molecular formula is C8H3F5N2O3. The molecule has 1 aromatic rings. The minimum absolute atomic E-state index is 0.195. The number of halogens is 5. The van der Waals surface area contributed by atoms with E-state index in [2.05, 4.69) is 4.98 Å². The van der Waals surface area contributed by atoms with Gasteiger partial charge in [-0.25, -0.2) is 13.8 Å². The number of aldehydes is 1. The molecule has 0 aliphatic rings. The number of alkyl halides is 5. The number of aromatic nitrogens is 1. The zero-order chi connectivity index (χ0) is 14.1. The SMILES string of the molecule is O=Cc1ncc([N+](=O)[O-])c(C(F)F)c1C(F)(F)F. The van der Waals surface area contributed by atoms with Gasteiger partial charge in [-0.15, -0.1) is 0 Å². The normalized spacial score (nSPS) is 11.7. The van der Waals surface area contributed by atoms with E-state index in [1.165, 1.54) is 0 Å². The first-order chi connectivity index (χ1) is 8.20. The first-order valence-corrected chi connectivity index (χ1v) is 4.18. The van der Waals surface area contributed by atoms with E-state index in [0.717, 1.165) is 0 Å². The highest BCUT2D eigenvalue weighted by molar-refractivity contribution is 5.76. The number of pyridine rings is 1. The lowest BCUT2D eigenvalue weighted by atomic mass is 10.0. The number of hydrogen-bond acceptors (Lipinski definition) is 4. The van der Waals surface area contributed by atoms with E-state index in [0.29, 0.717) is 0 Å². The maximum Gasteiger partial charge on any atom is 0.419 e. The minimum Gasteiger partial charge on any atom is -0.296 e. The molecule has 1 heterocycles. The summed E-state index contributed by atoms with van der Waals surface area (Å²) in [7, 11) is 0. The molecule has 0 aliphatic heterocycles. The van der Waals surface area contributed by atoms with Crippen LogP contribution in [0.4, 0.5) is 27.6 Å². The van der Waals surface area contributed by atoms with Crippen molar-refractivity contribution in [2.75, 3.05) is 0 Å². The second-order valence-corrected chi connectivity index (χ2v) is 2.99. The molecule has 0 bridgehead atoms. The van der Waals surface area contributed by atoms with Crippen LogP contribution >= 0.6 is 0 Å². The third-order valence-electron chi connectivity index (χ3n) is 1.94. The van der Waals surface area contributed by atoms with Crippen LogP contribution in [0, 0.1) is 10.1 Å². The maximum atomic E-state index is 12.5. The van der Waals surface area contributed by atoms with Gasteiger partial charge in [0, 0.05) is 0 Å². The van der Waals surface area contributed by atoms with Crippen molar-refractivity contribution in [3.8, 4) is 0 Å². The van der Waals surface area contributed by atoms with Gasteiger partial charge in [-0.05, 0) is 0 Å². The molecule has 0 amide bonds. The standard InChI is InChI=1S/C8H3F5N2O3/c9-7(10)5-4(15(17)18)1-14-3(2-16)6(5)8(11,12)13/h1-2,7H. The van der Waals surface area contributed by atoms with Crippen molar-refractivity contribution in [3.63, 3.8) is 0 Å². The molecule has 0 fully saturated rings. The molecule has 0 aromatic carbocycles. The molecule has 10 heteroatoms. The molecule has 1 rings (SSSR count). The average Bonchev–Trinajstić information content (AvgIpc) is 2.25. The summed E-state index contributed by atoms with van der Waals surface area (Å²) in [5, 5.41) is 10.4. The van der Waals surface area contributed by atoms with Crippen LogP contribution in [0.1, 0.15) is 28.0 Å². The Morgan fingerprint density at radius 2 is 1.94 bits per heavy atom.